The van der Waals surface area contributed by atoms with Gasteiger partial charge in [0.15, 0.2) is 0 Å². The molecule has 0 atom stereocenters. The Labute approximate surface area is 201 Å². The number of halogens is 1. The summed E-state index contributed by atoms with van der Waals surface area (Å²) in [5, 5.41) is 12.4. The molecule has 1 amide bonds. The van der Waals surface area contributed by atoms with Gasteiger partial charge in [0.05, 0.1) is 21.7 Å². The van der Waals surface area contributed by atoms with Crippen LogP contribution in [0, 0.1) is 10.1 Å². The first-order valence-corrected chi connectivity index (χ1v) is 11.3. The highest BCUT2D eigenvalue weighted by Gasteiger charge is 2.25. The lowest BCUT2D eigenvalue weighted by atomic mass is 10.0. The average molecular weight is 473 g/mol. The molecule has 1 aromatic heterocycles. The third kappa shape index (κ3) is 4.30. The number of benzene rings is 3. The van der Waals surface area contributed by atoms with Gasteiger partial charge in [0, 0.05) is 60.0 Å². The van der Waals surface area contributed by atoms with Crippen LogP contribution < -0.4 is 4.90 Å². The molecule has 0 spiro atoms. The number of hydrogen-bond acceptors (Lipinski definition) is 5. The fraction of sp³-hybridized carbons (Fsp3) is 0.154. The number of aromatic nitrogens is 1. The summed E-state index contributed by atoms with van der Waals surface area (Å²) in [4.78, 5) is 32.9. The Morgan fingerprint density at radius 3 is 2.26 bits per heavy atom. The van der Waals surface area contributed by atoms with Crippen LogP contribution in [0.4, 0.5) is 11.4 Å². The largest absolute Gasteiger partial charge is 0.368 e. The number of rotatable bonds is 4. The molecule has 1 saturated heterocycles. The third-order valence-electron chi connectivity index (χ3n) is 6.08. The summed E-state index contributed by atoms with van der Waals surface area (Å²) in [5.74, 6) is -0.0304. The molecule has 1 aliphatic rings. The van der Waals surface area contributed by atoms with E-state index in [2.05, 4.69) is 4.90 Å². The Balaban J connectivity index is 1.39. The molecule has 8 heteroatoms. The van der Waals surface area contributed by atoms with Crippen molar-refractivity contribution in [3.63, 3.8) is 0 Å². The second-order valence-corrected chi connectivity index (χ2v) is 8.57. The summed E-state index contributed by atoms with van der Waals surface area (Å²) in [5.41, 5.74) is 3.99. The summed E-state index contributed by atoms with van der Waals surface area (Å²) in [6, 6.07) is 23.5. The Bertz CT molecular complexity index is 1370. The van der Waals surface area contributed by atoms with Crippen molar-refractivity contribution in [3.8, 4) is 11.3 Å². The van der Waals surface area contributed by atoms with E-state index in [1.54, 1.807) is 12.1 Å². The Morgan fingerprint density at radius 2 is 1.59 bits per heavy atom. The van der Waals surface area contributed by atoms with Crippen LogP contribution in [0.2, 0.25) is 5.02 Å². The number of nitro groups is 1. The highest BCUT2D eigenvalue weighted by atomic mass is 35.5. The van der Waals surface area contributed by atoms with Crippen LogP contribution in [0.15, 0.2) is 78.9 Å². The monoisotopic (exact) mass is 472 g/mol. The van der Waals surface area contributed by atoms with E-state index in [0.29, 0.717) is 36.8 Å². The lowest BCUT2D eigenvalue weighted by molar-refractivity contribution is -0.384. The first-order valence-electron chi connectivity index (χ1n) is 10.9. The van der Waals surface area contributed by atoms with E-state index in [1.165, 1.54) is 12.1 Å². The number of hydrogen-bond donors (Lipinski definition) is 0. The Morgan fingerprint density at radius 1 is 0.912 bits per heavy atom. The number of nitrogens with zero attached hydrogens (tertiary/aromatic N) is 4. The first-order chi connectivity index (χ1) is 16.5. The van der Waals surface area contributed by atoms with E-state index in [-0.39, 0.29) is 11.6 Å². The van der Waals surface area contributed by atoms with Gasteiger partial charge in [-0.1, -0.05) is 41.9 Å². The molecule has 170 valence electrons. The first kappa shape index (κ1) is 21.9. The summed E-state index contributed by atoms with van der Waals surface area (Å²) >= 11 is 6.04. The molecule has 0 aliphatic carbocycles. The lowest BCUT2D eigenvalue weighted by Gasteiger charge is -2.36. The van der Waals surface area contributed by atoms with Crippen molar-refractivity contribution in [2.45, 2.75) is 0 Å². The fourth-order valence-corrected chi connectivity index (χ4v) is 4.37. The Hall–Kier alpha value is -3.97. The van der Waals surface area contributed by atoms with Crippen molar-refractivity contribution in [3.05, 3.63) is 99.6 Å². The number of carbonyl (C=O) groups excluding carboxylic acids is 1. The molecular weight excluding hydrogens is 452 g/mol. The molecule has 0 unspecified atom stereocenters. The summed E-state index contributed by atoms with van der Waals surface area (Å²) in [7, 11) is 0. The maximum Gasteiger partial charge on any atom is 0.269 e. The van der Waals surface area contributed by atoms with Crippen LogP contribution in [0.3, 0.4) is 0 Å². The SMILES string of the molecule is O=C(c1cc(-c2ccc(Cl)cc2)nc2ccccc12)N1CCN(c2ccc([N+](=O)[O-])cc2)CC1. The highest BCUT2D eigenvalue weighted by Crippen LogP contribution is 2.28. The predicted molar refractivity (Wildman–Crippen MR) is 133 cm³/mol. The van der Waals surface area contributed by atoms with Gasteiger partial charge in [-0.05, 0) is 36.4 Å². The lowest BCUT2D eigenvalue weighted by Crippen LogP contribution is -2.48. The van der Waals surface area contributed by atoms with Crippen molar-refractivity contribution >= 4 is 39.8 Å². The zero-order chi connectivity index (χ0) is 23.7. The van der Waals surface area contributed by atoms with Crippen molar-refractivity contribution < 1.29 is 9.72 Å². The molecule has 3 aromatic carbocycles. The van der Waals surface area contributed by atoms with Gasteiger partial charge in [-0.2, -0.15) is 0 Å². The van der Waals surface area contributed by atoms with Crippen molar-refractivity contribution in [2.75, 3.05) is 31.1 Å². The van der Waals surface area contributed by atoms with E-state index in [9.17, 15) is 14.9 Å². The molecule has 1 aliphatic heterocycles. The van der Waals surface area contributed by atoms with Gasteiger partial charge in [0.1, 0.15) is 0 Å². The van der Waals surface area contributed by atoms with Gasteiger partial charge in [-0.3, -0.25) is 14.9 Å². The number of carbonyl (C=O) groups is 1. The van der Waals surface area contributed by atoms with E-state index >= 15 is 0 Å². The smallest absolute Gasteiger partial charge is 0.269 e. The van der Waals surface area contributed by atoms with E-state index in [4.69, 9.17) is 16.6 Å². The molecule has 4 aromatic rings. The van der Waals surface area contributed by atoms with Crippen LogP contribution in [-0.2, 0) is 0 Å². The number of fused-ring (bicyclic) bond motifs is 1. The maximum absolute atomic E-state index is 13.6. The van der Waals surface area contributed by atoms with Gasteiger partial charge in [-0.25, -0.2) is 4.98 Å². The zero-order valence-electron chi connectivity index (χ0n) is 18.2. The van der Waals surface area contributed by atoms with Gasteiger partial charge in [-0.15, -0.1) is 0 Å². The second-order valence-electron chi connectivity index (χ2n) is 8.13. The topological polar surface area (TPSA) is 79.6 Å². The van der Waals surface area contributed by atoms with E-state index in [1.807, 2.05) is 59.5 Å². The van der Waals surface area contributed by atoms with Gasteiger partial charge in [0.2, 0.25) is 0 Å². The summed E-state index contributed by atoms with van der Waals surface area (Å²) < 4.78 is 0. The number of pyridine rings is 1. The highest BCUT2D eigenvalue weighted by molar-refractivity contribution is 6.30. The number of piperazine rings is 1. The van der Waals surface area contributed by atoms with Gasteiger partial charge >= 0.3 is 0 Å². The molecule has 5 rings (SSSR count). The fourth-order valence-electron chi connectivity index (χ4n) is 4.24. The minimum atomic E-state index is -0.405. The van der Waals surface area contributed by atoms with Crippen molar-refractivity contribution in [1.29, 1.82) is 0 Å². The van der Waals surface area contributed by atoms with Crippen LogP contribution in [0.5, 0.6) is 0 Å². The number of nitro benzene ring substituents is 1. The normalized spacial score (nSPS) is 13.8. The van der Waals surface area contributed by atoms with E-state index < -0.39 is 4.92 Å². The number of non-ortho nitro benzene ring substituents is 1. The standard InChI is InChI=1S/C26H21ClN4O3/c27-19-7-5-18(6-8-19)25-17-23(22-3-1-2-4-24(22)28-25)26(32)30-15-13-29(14-16-30)20-9-11-21(12-10-20)31(33)34/h1-12,17H,13-16H2. The van der Waals surface area contributed by atoms with Crippen LogP contribution in [0.25, 0.3) is 22.2 Å². The van der Waals surface area contributed by atoms with Crippen molar-refractivity contribution in [2.24, 2.45) is 0 Å². The molecule has 0 N–H and O–H groups in total. The van der Waals surface area contributed by atoms with Crippen LogP contribution in [-0.4, -0.2) is 46.9 Å². The zero-order valence-corrected chi connectivity index (χ0v) is 19.0. The van der Waals surface area contributed by atoms with Gasteiger partial charge in [0.25, 0.3) is 11.6 Å². The predicted octanol–water partition coefficient (Wildman–Crippen LogP) is 5.43. The number of para-hydroxylation sites is 1. The Kier molecular flexibility index (Phi) is 5.86. The van der Waals surface area contributed by atoms with Crippen molar-refractivity contribution in [1.82, 2.24) is 9.88 Å². The minimum Gasteiger partial charge on any atom is -0.368 e. The third-order valence-corrected chi connectivity index (χ3v) is 6.33. The minimum absolute atomic E-state index is 0.0304. The molecule has 0 bridgehead atoms. The quantitative estimate of drug-likeness (QED) is 0.292. The molecule has 1 fully saturated rings. The summed E-state index contributed by atoms with van der Waals surface area (Å²) in [6.45, 7) is 2.42. The average Bonchev–Trinajstić information content (AvgIpc) is 2.88. The second kappa shape index (κ2) is 9.11. The molecular formula is C26H21ClN4O3. The molecule has 0 radical (unpaired) electrons. The molecule has 0 saturated carbocycles. The van der Waals surface area contributed by atoms with E-state index in [0.717, 1.165) is 27.8 Å². The number of amides is 1. The van der Waals surface area contributed by atoms with Gasteiger partial charge < -0.3 is 9.80 Å². The maximum atomic E-state index is 13.6. The van der Waals surface area contributed by atoms with Crippen LogP contribution >= 0.6 is 11.6 Å². The molecule has 2 heterocycles. The molecule has 7 nitrogen and oxygen atoms in total. The van der Waals surface area contributed by atoms with Crippen LogP contribution in [0.1, 0.15) is 10.4 Å². The summed E-state index contributed by atoms with van der Waals surface area (Å²) in [6.07, 6.45) is 0. The number of anilines is 1. The molecule has 34 heavy (non-hydrogen) atoms.